The molecule has 2 aliphatic rings. The summed E-state index contributed by atoms with van der Waals surface area (Å²) in [5.74, 6) is 0.653. The van der Waals surface area contributed by atoms with Gasteiger partial charge < -0.3 is 19.7 Å². The van der Waals surface area contributed by atoms with E-state index in [1.54, 1.807) is 4.90 Å². The summed E-state index contributed by atoms with van der Waals surface area (Å²) in [4.78, 5) is 28.3. The maximum Gasteiger partial charge on any atom is 0.247 e. The molecular formula is C26H31ClN2O4. The van der Waals surface area contributed by atoms with Gasteiger partial charge in [0.1, 0.15) is 11.9 Å². The highest BCUT2D eigenvalue weighted by molar-refractivity contribution is 6.27. The first-order valence-electron chi connectivity index (χ1n) is 11.7. The van der Waals surface area contributed by atoms with Crippen LogP contribution in [0.4, 0.5) is 0 Å². The molecule has 0 saturated heterocycles. The number of nitrogens with one attached hydrogen (secondary N) is 1. The summed E-state index contributed by atoms with van der Waals surface area (Å²) < 4.78 is 10.9. The Balaban J connectivity index is 1.64. The third kappa shape index (κ3) is 5.80. The van der Waals surface area contributed by atoms with Crippen LogP contribution in [0.1, 0.15) is 61.3 Å². The van der Waals surface area contributed by atoms with Crippen molar-refractivity contribution in [1.82, 2.24) is 10.2 Å². The second kappa shape index (κ2) is 10.9. The normalized spacial score (nSPS) is 16.7. The van der Waals surface area contributed by atoms with Crippen molar-refractivity contribution in [2.24, 2.45) is 0 Å². The Bertz CT molecular complexity index is 971. The number of benzene rings is 2. The first-order valence-corrected chi connectivity index (χ1v) is 12.2. The zero-order valence-corrected chi connectivity index (χ0v) is 19.8. The van der Waals surface area contributed by atoms with Gasteiger partial charge in [-0.25, -0.2) is 0 Å². The van der Waals surface area contributed by atoms with Crippen molar-refractivity contribution in [2.45, 2.75) is 64.1 Å². The van der Waals surface area contributed by atoms with E-state index in [4.69, 9.17) is 21.1 Å². The molecule has 1 saturated carbocycles. The van der Waals surface area contributed by atoms with E-state index in [9.17, 15) is 9.59 Å². The SMILES string of the molecule is Cc1ccc(C(C(=O)NC2CCCCCC2)N(Cc2ccc3c(c2)OCO3)C(=O)CCl)cc1. The summed E-state index contributed by atoms with van der Waals surface area (Å²) >= 11 is 6.01. The van der Waals surface area contributed by atoms with Crippen LogP contribution in [0.3, 0.4) is 0 Å². The predicted octanol–water partition coefficient (Wildman–Crippen LogP) is 4.87. The van der Waals surface area contributed by atoms with Gasteiger partial charge in [-0.3, -0.25) is 9.59 Å². The molecule has 2 aromatic rings. The Morgan fingerprint density at radius 3 is 2.42 bits per heavy atom. The fourth-order valence-electron chi connectivity index (χ4n) is 4.56. The monoisotopic (exact) mass is 470 g/mol. The Morgan fingerprint density at radius 1 is 1.03 bits per heavy atom. The molecule has 0 spiro atoms. The van der Waals surface area contributed by atoms with Crippen LogP contribution in [-0.2, 0) is 16.1 Å². The van der Waals surface area contributed by atoms with Crippen LogP contribution in [0.5, 0.6) is 11.5 Å². The number of aryl methyl sites for hydroxylation is 1. The number of nitrogens with zero attached hydrogens (tertiary/aromatic N) is 1. The van der Waals surface area contributed by atoms with Crippen LogP contribution in [0.2, 0.25) is 0 Å². The highest BCUT2D eigenvalue weighted by Gasteiger charge is 2.32. The Labute approximate surface area is 200 Å². The van der Waals surface area contributed by atoms with E-state index in [1.807, 2.05) is 49.4 Å². The maximum absolute atomic E-state index is 13.7. The van der Waals surface area contributed by atoms with Crippen molar-refractivity contribution >= 4 is 23.4 Å². The zero-order valence-electron chi connectivity index (χ0n) is 19.0. The van der Waals surface area contributed by atoms with E-state index in [0.29, 0.717) is 11.5 Å². The number of ether oxygens (including phenoxy) is 2. The van der Waals surface area contributed by atoms with Gasteiger partial charge in [0.25, 0.3) is 0 Å². The zero-order chi connectivity index (χ0) is 23.2. The van der Waals surface area contributed by atoms with Gasteiger partial charge in [0.05, 0.1) is 0 Å². The number of hydrogen-bond acceptors (Lipinski definition) is 4. The minimum absolute atomic E-state index is 0.131. The molecular weight excluding hydrogens is 440 g/mol. The van der Waals surface area contributed by atoms with Gasteiger partial charge in [-0.2, -0.15) is 0 Å². The summed E-state index contributed by atoms with van der Waals surface area (Å²) in [7, 11) is 0. The average molecular weight is 471 g/mol. The number of hydrogen-bond donors (Lipinski definition) is 1. The molecule has 0 aromatic heterocycles. The lowest BCUT2D eigenvalue weighted by Gasteiger charge is -2.32. The Morgan fingerprint density at radius 2 is 1.73 bits per heavy atom. The molecule has 1 unspecified atom stereocenters. The summed E-state index contributed by atoms with van der Waals surface area (Å²) in [6, 6.07) is 12.7. The van der Waals surface area contributed by atoms with Crippen molar-refractivity contribution in [3.05, 3.63) is 59.2 Å². The van der Waals surface area contributed by atoms with Crippen molar-refractivity contribution in [3.63, 3.8) is 0 Å². The third-order valence-electron chi connectivity index (χ3n) is 6.38. The molecule has 176 valence electrons. The topological polar surface area (TPSA) is 67.9 Å². The molecule has 1 aliphatic carbocycles. The van der Waals surface area contributed by atoms with E-state index >= 15 is 0 Å². The molecule has 1 heterocycles. The molecule has 2 amide bonds. The van der Waals surface area contributed by atoms with Crippen LogP contribution in [0, 0.1) is 6.92 Å². The minimum atomic E-state index is -0.773. The van der Waals surface area contributed by atoms with E-state index < -0.39 is 6.04 Å². The van der Waals surface area contributed by atoms with Gasteiger partial charge in [0.2, 0.25) is 18.6 Å². The molecule has 7 heteroatoms. The molecule has 4 rings (SSSR count). The fraction of sp³-hybridized carbons (Fsp3) is 0.462. The lowest BCUT2D eigenvalue weighted by atomic mass is 10.00. The molecule has 0 bridgehead atoms. The van der Waals surface area contributed by atoms with Gasteiger partial charge in [-0.15, -0.1) is 11.6 Å². The van der Waals surface area contributed by atoms with Crippen molar-refractivity contribution in [3.8, 4) is 11.5 Å². The van der Waals surface area contributed by atoms with Gasteiger partial charge in [-0.05, 0) is 43.0 Å². The predicted molar refractivity (Wildman–Crippen MR) is 127 cm³/mol. The summed E-state index contributed by atoms with van der Waals surface area (Å²) in [6.45, 7) is 2.41. The number of amides is 2. The van der Waals surface area contributed by atoms with E-state index in [0.717, 1.165) is 42.4 Å². The van der Waals surface area contributed by atoms with E-state index in [1.165, 1.54) is 12.8 Å². The van der Waals surface area contributed by atoms with Crippen LogP contribution < -0.4 is 14.8 Å². The quantitative estimate of drug-likeness (QED) is 0.463. The van der Waals surface area contributed by atoms with Crippen molar-refractivity contribution in [2.75, 3.05) is 12.7 Å². The number of alkyl halides is 1. The molecule has 33 heavy (non-hydrogen) atoms. The number of halogens is 1. The standard InChI is InChI=1S/C26H31ClN2O4/c1-18-8-11-20(12-9-18)25(26(31)28-21-6-4-2-3-5-7-21)29(24(30)15-27)16-19-10-13-22-23(14-19)33-17-32-22/h8-14,21,25H,2-7,15-17H2,1H3,(H,28,31). The van der Waals surface area contributed by atoms with Crippen LogP contribution >= 0.6 is 11.6 Å². The summed E-state index contributed by atoms with van der Waals surface area (Å²) in [5.41, 5.74) is 2.70. The second-order valence-corrected chi connectivity index (χ2v) is 9.12. The molecule has 1 N–H and O–H groups in total. The van der Waals surface area contributed by atoms with Gasteiger partial charge >= 0.3 is 0 Å². The van der Waals surface area contributed by atoms with E-state index in [2.05, 4.69) is 5.32 Å². The van der Waals surface area contributed by atoms with Crippen LogP contribution in [0.15, 0.2) is 42.5 Å². The second-order valence-electron chi connectivity index (χ2n) is 8.85. The smallest absolute Gasteiger partial charge is 0.247 e. The maximum atomic E-state index is 13.7. The van der Waals surface area contributed by atoms with Gasteiger partial charge in [-0.1, -0.05) is 61.6 Å². The molecule has 1 atom stereocenters. The van der Waals surface area contributed by atoms with Gasteiger partial charge in [0.15, 0.2) is 11.5 Å². The van der Waals surface area contributed by atoms with Crippen LogP contribution in [0.25, 0.3) is 0 Å². The molecule has 1 fully saturated rings. The molecule has 6 nitrogen and oxygen atoms in total. The minimum Gasteiger partial charge on any atom is -0.454 e. The Kier molecular flexibility index (Phi) is 7.76. The summed E-state index contributed by atoms with van der Waals surface area (Å²) in [6.07, 6.45) is 6.57. The Hall–Kier alpha value is -2.73. The fourth-order valence-corrected chi connectivity index (χ4v) is 4.72. The first kappa shape index (κ1) is 23.4. The molecule has 0 radical (unpaired) electrons. The largest absolute Gasteiger partial charge is 0.454 e. The first-order chi connectivity index (χ1) is 16.0. The van der Waals surface area contributed by atoms with E-state index in [-0.39, 0.29) is 37.1 Å². The van der Waals surface area contributed by atoms with Gasteiger partial charge in [0, 0.05) is 12.6 Å². The average Bonchev–Trinajstić information content (AvgIpc) is 3.14. The van der Waals surface area contributed by atoms with Crippen LogP contribution in [-0.4, -0.2) is 35.4 Å². The molecule has 1 aliphatic heterocycles. The number of carbonyl (C=O) groups is 2. The molecule has 2 aromatic carbocycles. The number of carbonyl (C=O) groups excluding carboxylic acids is 2. The number of rotatable bonds is 7. The summed E-state index contributed by atoms with van der Waals surface area (Å²) in [5, 5.41) is 3.24. The highest BCUT2D eigenvalue weighted by atomic mass is 35.5. The van der Waals surface area contributed by atoms with Crippen molar-refractivity contribution < 1.29 is 19.1 Å². The lowest BCUT2D eigenvalue weighted by Crippen LogP contribution is -2.46. The third-order valence-corrected chi connectivity index (χ3v) is 6.61. The number of fused-ring (bicyclic) bond motifs is 1. The lowest BCUT2D eigenvalue weighted by molar-refractivity contribution is -0.140. The highest BCUT2D eigenvalue weighted by Crippen LogP contribution is 2.34. The van der Waals surface area contributed by atoms with Crippen molar-refractivity contribution in [1.29, 1.82) is 0 Å².